The van der Waals surface area contributed by atoms with E-state index >= 15 is 0 Å². The quantitative estimate of drug-likeness (QED) is 0.556. The van der Waals surface area contributed by atoms with Gasteiger partial charge in [-0.2, -0.15) is 0 Å². The molecule has 2 heteroatoms. The van der Waals surface area contributed by atoms with Crippen molar-refractivity contribution in [2.75, 3.05) is 0 Å². The van der Waals surface area contributed by atoms with Crippen LogP contribution in [0.1, 0.15) is 66.2 Å². The van der Waals surface area contributed by atoms with Gasteiger partial charge < -0.3 is 0 Å². The zero-order chi connectivity index (χ0) is 12.2. The molecule has 0 aliphatic heterocycles. The molecule has 1 saturated carbocycles. The Balaban J connectivity index is 2.65. The maximum absolute atomic E-state index is 5.80. The average Bonchev–Trinajstić information content (AvgIpc) is 2.30. The molecule has 3 atom stereocenters. The van der Waals surface area contributed by atoms with E-state index in [1.807, 2.05) is 0 Å². The van der Waals surface area contributed by atoms with Crippen LogP contribution in [0.4, 0.5) is 0 Å². The molecule has 16 heavy (non-hydrogen) atoms. The second-order valence-electron chi connectivity index (χ2n) is 6.19. The minimum atomic E-state index is 0.315. The molecule has 0 spiro atoms. The lowest BCUT2D eigenvalue weighted by Crippen LogP contribution is -2.51. The summed E-state index contributed by atoms with van der Waals surface area (Å²) in [5, 5.41) is 0. The van der Waals surface area contributed by atoms with E-state index < -0.39 is 0 Å². The van der Waals surface area contributed by atoms with Gasteiger partial charge in [0.1, 0.15) is 0 Å². The van der Waals surface area contributed by atoms with Crippen molar-refractivity contribution in [2.45, 2.75) is 72.3 Å². The van der Waals surface area contributed by atoms with E-state index in [9.17, 15) is 0 Å². The third kappa shape index (κ3) is 3.21. The van der Waals surface area contributed by atoms with Gasteiger partial charge in [-0.3, -0.25) is 11.3 Å². The van der Waals surface area contributed by atoms with Crippen molar-refractivity contribution in [2.24, 2.45) is 23.1 Å². The molecule has 1 fully saturated rings. The molecule has 3 unspecified atom stereocenters. The van der Waals surface area contributed by atoms with Crippen LogP contribution in [-0.4, -0.2) is 6.04 Å². The van der Waals surface area contributed by atoms with Crippen molar-refractivity contribution in [1.82, 2.24) is 5.43 Å². The monoisotopic (exact) mass is 226 g/mol. The van der Waals surface area contributed by atoms with E-state index in [1.165, 1.54) is 38.5 Å². The smallest absolute Gasteiger partial charge is 0.0289 e. The van der Waals surface area contributed by atoms with Crippen LogP contribution in [0.25, 0.3) is 0 Å². The summed E-state index contributed by atoms with van der Waals surface area (Å²) in [6.07, 6.45) is 8.07. The third-order valence-electron chi connectivity index (χ3n) is 4.80. The highest BCUT2D eigenvalue weighted by Gasteiger charge is 2.35. The van der Waals surface area contributed by atoms with Gasteiger partial charge in [-0.05, 0) is 36.5 Å². The summed E-state index contributed by atoms with van der Waals surface area (Å²) in [7, 11) is 0. The van der Waals surface area contributed by atoms with E-state index in [0.717, 1.165) is 11.8 Å². The first-order valence-corrected chi connectivity index (χ1v) is 7.01. The summed E-state index contributed by atoms with van der Waals surface area (Å²) >= 11 is 0. The topological polar surface area (TPSA) is 38.0 Å². The molecule has 0 aromatic heterocycles. The summed E-state index contributed by atoms with van der Waals surface area (Å²) in [5.74, 6) is 7.51. The van der Waals surface area contributed by atoms with Crippen LogP contribution in [0.5, 0.6) is 0 Å². The fourth-order valence-corrected chi connectivity index (χ4v) is 3.23. The van der Waals surface area contributed by atoms with E-state index in [-0.39, 0.29) is 0 Å². The minimum Gasteiger partial charge on any atom is -0.271 e. The van der Waals surface area contributed by atoms with Crippen molar-refractivity contribution < 1.29 is 0 Å². The molecule has 96 valence electrons. The molecule has 1 aliphatic rings. The summed E-state index contributed by atoms with van der Waals surface area (Å²) < 4.78 is 0. The highest BCUT2D eigenvalue weighted by atomic mass is 15.2. The van der Waals surface area contributed by atoms with Crippen LogP contribution in [0.3, 0.4) is 0 Å². The Kier molecular flexibility index (Phi) is 5.26. The van der Waals surface area contributed by atoms with E-state index in [4.69, 9.17) is 5.84 Å². The molecular weight excluding hydrogens is 196 g/mol. The maximum atomic E-state index is 5.80. The van der Waals surface area contributed by atoms with Crippen LogP contribution < -0.4 is 11.3 Å². The minimum absolute atomic E-state index is 0.315. The van der Waals surface area contributed by atoms with Gasteiger partial charge >= 0.3 is 0 Å². The Morgan fingerprint density at radius 3 is 2.50 bits per heavy atom. The molecule has 3 N–H and O–H groups in total. The molecule has 0 aromatic carbocycles. The predicted octanol–water partition coefficient (Wildman–Crippen LogP) is 3.47. The van der Waals surface area contributed by atoms with Crippen molar-refractivity contribution in [3.8, 4) is 0 Å². The van der Waals surface area contributed by atoms with E-state index in [1.54, 1.807) is 0 Å². The summed E-state index contributed by atoms with van der Waals surface area (Å²) in [6.45, 7) is 9.27. The summed E-state index contributed by atoms with van der Waals surface area (Å²) in [4.78, 5) is 0. The third-order valence-corrected chi connectivity index (χ3v) is 4.80. The summed E-state index contributed by atoms with van der Waals surface area (Å²) in [5.41, 5.74) is 3.42. The predicted molar refractivity (Wildman–Crippen MR) is 70.9 cm³/mol. The number of rotatable bonds is 5. The van der Waals surface area contributed by atoms with E-state index in [2.05, 4.69) is 33.1 Å². The van der Waals surface area contributed by atoms with Gasteiger partial charge in [0.2, 0.25) is 0 Å². The van der Waals surface area contributed by atoms with Crippen LogP contribution >= 0.6 is 0 Å². The zero-order valence-electron chi connectivity index (χ0n) is 11.6. The first kappa shape index (κ1) is 14.0. The van der Waals surface area contributed by atoms with E-state index in [0.29, 0.717) is 11.5 Å². The zero-order valence-corrected chi connectivity index (χ0v) is 11.6. The van der Waals surface area contributed by atoms with Gasteiger partial charge in [0.05, 0.1) is 0 Å². The molecule has 0 bridgehead atoms. The van der Waals surface area contributed by atoms with Crippen LogP contribution in [0.2, 0.25) is 0 Å². The number of nitrogens with one attached hydrogen (secondary N) is 1. The second-order valence-corrected chi connectivity index (χ2v) is 6.19. The standard InChI is InChI=1S/C14H30N2/c1-5-11-8-7-9-12(10-11)13(16-15)14(3,4)6-2/h11-13,16H,5-10,15H2,1-4H3. The lowest BCUT2D eigenvalue weighted by Gasteiger charge is -2.42. The molecule has 1 aliphatic carbocycles. The fraction of sp³-hybridized carbons (Fsp3) is 1.00. The summed E-state index contributed by atoms with van der Waals surface area (Å²) in [6, 6.07) is 0.479. The van der Waals surface area contributed by atoms with Crippen LogP contribution in [0.15, 0.2) is 0 Å². The Hall–Kier alpha value is -0.0800. The van der Waals surface area contributed by atoms with Gasteiger partial charge in [0.15, 0.2) is 0 Å². The SMILES string of the molecule is CCC1CCCC(C(NN)C(C)(C)CC)C1. The van der Waals surface area contributed by atoms with Gasteiger partial charge in [-0.25, -0.2) is 0 Å². The normalized spacial score (nSPS) is 29.1. The number of nitrogens with two attached hydrogens (primary N) is 1. The van der Waals surface area contributed by atoms with Crippen molar-refractivity contribution in [3.63, 3.8) is 0 Å². The Labute approximate surface area is 101 Å². The maximum Gasteiger partial charge on any atom is 0.0289 e. The lowest BCUT2D eigenvalue weighted by atomic mass is 9.68. The highest BCUT2D eigenvalue weighted by molar-refractivity contribution is 4.90. The first-order chi connectivity index (χ1) is 7.55. The largest absolute Gasteiger partial charge is 0.271 e. The van der Waals surface area contributed by atoms with Crippen LogP contribution in [-0.2, 0) is 0 Å². The van der Waals surface area contributed by atoms with Crippen molar-refractivity contribution in [1.29, 1.82) is 0 Å². The average molecular weight is 226 g/mol. The molecule has 0 saturated heterocycles. The fourth-order valence-electron chi connectivity index (χ4n) is 3.23. The Bertz CT molecular complexity index is 201. The van der Waals surface area contributed by atoms with Gasteiger partial charge in [0, 0.05) is 6.04 Å². The Morgan fingerprint density at radius 2 is 2.00 bits per heavy atom. The number of hydrogen-bond acceptors (Lipinski definition) is 2. The Morgan fingerprint density at radius 1 is 1.31 bits per heavy atom. The lowest BCUT2D eigenvalue weighted by molar-refractivity contribution is 0.116. The number of hydrogen-bond donors (Lipinski definition) is 2. The molecule has 0 radical (unpaired) electrons. The number of hydrazine groups is 1. The van der Waals surface area contributed by atoms with Crippen molar-refractivity contribution in [3.05, 3.63) is 0 Å². The molecule has 0 aromatic rings. The highest BCUT2D eigenvalue weighted by Crippen LogP contribution is 2.39. The molecule has 0 heterocycles. The van der Waals surface area contributed by atoms with Gasteiger partial charge in [-0.1, -0.05) is 47.0 Å². The molecular formula is C14H30N2. The molecule has 1 rings (SSSR count). The van der Waals surface area contributed by atoms with Gasteiger partial charge in [-0.15, -0.1) is 0 Å². The second kappa shape index (κ2) is 6.02. The first-order valence-electron chi connectivity index (χ1n) is 7.01. The molecule has 2 nitrogen and oxygen atoms in total. The van der Waals surface area contributed by atoms with Crippen molar-refractivity contribution >= 4 is 0 Å². The molecule has 0 amide bonds. The van der Waals surface area contributed by atoms with Crippen LogP contribution in [0, 0.1) is 17.3 Å². The van der Waals surface area contributed by atoms with Gasteiger partial charge in [0.25, 0.3) is 0 Å².